The topological polar surface area (TPSA) is 120 Å². The number of hydrogen-bond donors (Lipinski definition) is 1. The van der Waals surface area contributed by atoms with E-state index in [9.17, 15) is 10.5 Å². The molecule has 35 heavy (non-hydrogen) atoms. The first-order chi connectivity index (χ1) is 17.0. The van der Waals surface area contributed by atoms with Gasteiger partial charge in [-0.05, 0) is 52.4 Å². The van der Waals surface area contributed by atoms with E-state index in [4.69, 9.17) is 29.4 Å². The zero-order valence-corrected chi connectivity index (χ0v) is 20.7. The standard InChI is InChI=1S/C26H18IN3O5/c1-31-23-7-16(6-19(27)25(23)32-12-15-5-3-2-4-14(15)10-28)24-17-8-21-22(34-13-33-21)9-20(17)35-26(30)18(24)11-29/h2-9,24H,12-13,30H2,1H3/t24-/m1/s1. The van der Waals surface area contributed by atoms with E-state index in [0.29, 0.717) is 34.3 Å². The summed E-state index contributed by atoms with van der Waals surface area (Å²) in [5.74, 6) is 2.19. The molecule has 0 aromatic heterocycles. The number of nitrogens with two attached hydrogens (primary N) is 1. The summed E-state index contributed by atoms with van der Waals surface area (Å²) in [6, 6.07) is 18.9. The number of fused-ring (bicyclic) bond motifs is 2. The van der Waals surface area contributed by atoms with Gasteiger partial charge in [-0.25, -0.2) is 0 Å². The van der Waals surface area contributed by atoms with E-state index in [1.54, 1.807) is 19.2 Å². The van der Waals surface area contributed by atoms with Gasteiger partial charge in [-0.2, -0.15) is 10.5 Å². The van der Waals surface area contributed by atoms with Gasteiger partial charge in [-0.15, -0.1) is 0 Å². The molecule has 0 bridgehead atoms. The molecular formula is C26H18IN3O5. The van der Waals surface area contributed by atoms with Crippen molar-refractivity contribution >= 4 is 22.6 Å². The molecule has 2 N–H and O–H groups in total. The zero-order valence-electron chi connectivity index (χ0n) is 18.5. The van der Waals surface area contributed by atoms with Gasteiger partial charge in [0, 0.05) is 17.2 Å². The maximum Gasteiger partial charge on any atom is 0.231 e. The van der Waals surface area contributed by atoms with Gasteiger partial charge < -0.3 is 29.4 Å². The Balaban J connectivity index is 1.56. The van der Waals surface area contributed by atoms with Crippen LogP contribution in [0.3, 0.4) is 0 Å². The number of halogens is 1. The average Bonchev–Trinajstić information content (AvgIpc) is 3.33. The Bertz CT molecular complexity index is 1450. The molecule has 2 aliphatic heterocycles. The maximum absolute atomic E-state index is 9.91. The molecule has 0 fully saturated rings. The highest BCUT2D eigenvalue weighted by Crippen LogP contribution is 2.49. The lowest BCUT2D eigenvalue weighted by Crippen LogP contribution is -2.21. The van der Waals surface area contributed by atoms with Crippen LogP contribution in [-0.4, -0.2) is 13.9 Å². The van der Waals surface area contributed by atoms with Crippen LogP contribution in [0.5, 0.6) is 28.7 Å². The Morgan fingerprint density at radius 1 is 1.06 bits per heavy atom. The first kappa shape index (κ1) is 22.7. The predicted octanol–water partition coefficient (Wildman–Crippen LogP) is 4.70. The van der Waals surface area contributed by atoms with Crippen LogP contribution in [0.15, 0.2) is 60.0 Å². The summed E-state index contributed by atoms with van der Waals surface area (Å²) in [5.41, 5.74) is 9.25. The quantitative estimate of drug-likeness (QED) is 0.433. The number of rotatable bonds is 5. The number of benzene rings is 3. The van der Waals surface area contributed by atoms with Gasteiger partial charge in [0.25, 0.3) is 0 Å². The minimum atomic E-state index is -0.506. The number of ether oxygens (including phenoxy) is 5. The first-order valence-corrected chi connectivity index (χ1v) is 11.6. The van der Waals surface area contributed by atoms with E-state index >= 15 is 0 Å². The van der Waals surface area contributed by atoms with Crippen molar-refractivity contribution in [3.8, 4) is 40.9 Å². The van der Waals surface area contributed by atoms with Gasteiger partial charge in [-0.1, -0.05) is 18.2 Å². The van der Waals surface area contributed by atoms with E-state index < -0.39 is 5.92 Å². The summed E-state index contributed by atoms with van der Waals surface area (Å²) in [6.45, 7) is 0.318. The molecule has 0 unspecified atom stereocenters. The molecule has 0 aliphatic carbocycles. The molecule has 0 amide bonds. The summed E-state index contributed by atoms with van der Waals surface area (Å²) < 4.78 is 29.3. The van der Waals surface area contributed by atoms with E-state index in [-0.39, 0.29) is 24.9 Å². The minimum Gasteiger partial charge on any atom is -0.493 e. The van der Waals surface area contributed by atoms with Crippen LogP contribution < -0.4 is 29.4 Å². The van der Waals surface area contributed by atoms with Crippen LogP contribution >= 0.6 is 22.6 Å². The fraction of sp³-hybridized carbons (Fsp3) is 0.154. The van der Waals surface area contributed by atoms with Crippen molar-refractivity contribution in [2.75, 3.05) is 13.9 Å². The SMILES string of the molecule is COc1cc([C@H]2C(C#N)=C(N)Oc3cc4c(cc32)OCO4)cc(I)c1OCc1ccccc1C#N. The summed E-state index contributed by atoms with van der Waals surface area (Å²) in [4.78, 5) is 0. The molecule has 2 aliphatic rings. The fourth-order valence-corrected chi connectivity index (χ4v) is 4.92. The molecular weight excluding hydrogens is 561 g/mol. The Labute approximate surface area is 215 Å². The fourth-order valence-electron chi connectivity index (χ4n) is 4.14. The Kier molecular flexibility index (Phi) is 6.01. The monoisotopic (exact) mass is 579 g/mol. The Morgan fingerprint density at radius 3 is 2.57 bits per heavy atom. The Hall–Kier alpha value is -4.09. The molecule has 3 aromatic carbocycles. The number of hydrogen-bond acceptors (Lipinski definition) is 8. The summed E-state index contributed by atoms with van der Waals surface area (Å²) in [7, 11) is 1.55. The van der Waals surface area contributed by atoms with Gasteiger partial charge >= 0.3 is 0 Å². The van der Waals surface area contributed by atoms with Crippen molar-refractivity contribution in [3.05, 3.63) is 85.8 Å². The van der Waals surface area contributed by atoms with Gasteiger partial charge in [0.15, 0.2) is 23.0 Å². The third kappa shape index (κ3) is 4.04. The summed E-state index contributed by atoms with van der Waals surface area (Å²) in [5, 5.41) is 19.3. The van der Waals surface area contributed by atoms with Crippen LogP contribution in [-0.2, 0) is 6.61 Å². The molecule has 8 nitrogen and oxygen atoms in total. The number of nitriles is 2. The van der Waals surface area contributed by atoms with Gasteiger partial charge in [0.2, 0.25) is 12.7 Å². The minimum absolute atomic E-state index is 0.0336. The second-order valence-electron chi connectivity index (χ2n) is 7.76. The molecule has 0 saturated heterocycles. The molecule has 1 atom stereocenters. The molecule has 0 radical (unpaired) electrons. The lowest BCUT2D eigenvalue weighted by molar-refractivity contribution is 0.174. The highest BCUT2D eigenvalue weighted by atomic mass is 127. The number of allylic oxidation sites excluding steroid dienone is 1. The van der Waals surface area contributed by atoms with Crippen LogP contribution in [0, 0.1) is 26.2 Å². The largest absolute Gasteiger partial charge is 0.493 e. The first-order valence-electron chi connectivity index (χ1n) is 10.5. The van der Waals surface area contributed by atoms with Crippen LogP contribution in [0.25, 0.3) is 0 Å². The van der Waals surface area contributed by atoms with Crippen LogP contribution in [0.2, 0.25) is 0 Å². The molecule has 5 rings (SSSR count). The maximum atomic E-state index is 9.91. The predicted molar refractivity (Wildman–Crippen MR) is 133 cm³/mol. The van der Waals surface area contributed by atoms with Crippen LogP contribution in [0.1, 0.15) is 28.2 Å². The lowest BCUT2D eigenvalue weighted by atomic mass is 9.83. The van der Waals surface area contributed by atoms with Crippen molar-refractivity contribution in [3.63, 3.8) is 0 Å². The highest BCUT2D eigenvalue weighted by molar-refractivity contribution is 14.1. The normalized spacial score (nSPS) is 15.5. The van der Waals surface area contributed by atoms with E-state index in [0.717, 1.165) is 20.3 Å². The third-order valence-corrected chi connectivity index (χ3v) is 6.61. The van der Waals surface area contributed by atoms with E-state index in [1.165, 1.54) is 0 Å². The summed E-state index contributed by atoms with van der Waals surface area (Å²) >= 11 is 2.17. The smallest absolute Gasteiger partial charge is 0.231 e. The summed E-state index contributed by atoms with van der Waals surface area (Å²) in [6.07, 6.45) is 0. The van der Waals surface area contributed by atoms with Crippen molar-refractivity contribution < 1.29 is 23.7 Å². The molecule has 9 heteroatoms. The molecule has 0 spiro atoms. The molecule has 2 heterocycles. The molecule has 3 aromatic rings. The number of methoxy groups -OCH3 is 1. The molecule has 0 saturated carbocycles. The number of nitrogens with zero attached hydrogens (tertiary/aromatic N) is 2. The average molecular weight is 579 g/mol. The van der Waals surface area contributed by atoms with E-state index in [2.05, 4.69) is 34.7 Å². The Morgan fingerprint density at radius 2 is 1.83 bits per heavy atom. The van der Waals surface area contributed by atoms with E-state index in [1.807, 2.05) is 36.4 Å². The molecule has 174 valence electrons. The van der Waals surface area contributed by atoms with Gasteiger partial charge in [0.05, 0.1) is 28.2 Å². The van der Waals surface area contributed by atoms with Crippen molar-refractivity contribution in [2.24, 2.45) is 5.73 Å². The van der Waals surface area contributed by atoms with Crippen molar-refractivity contribution in [2.45, 2.75) is 12.5 Å². The van der Waals surface area contributed by atoms with Gasteiger partial charge in [0.1, 0.15) is 24.0 Å². The van der Waals surface area contributed by atoms with Crippen LogP contribution in [0.4, 0.5) is 0 Å². The third-order valence-electron chi connectivity index (χ3n) is 5.81. The second kappa shape index (κ2) is 9.28. The second-order valence-corrected chi connectivity index (χ2v) is 8.92. The highest BCUT2D eigenvalue weighted by Gasteiger charge is 2.34. The zero-order chi connectivity index (χ0) is 24.5. The van der Waals surface area contributed by atoms with Crippen molar-refractivity contribution in [1.29, 1.82) is 10.5 Å². The lowest BCUT2D eigenvalue weighted by Gasteiger charge is -2.27. The van der Waals surface area contributed by atoms with Crippen molar-refractivity contribution in [1.82, 2.24) is 0 Å². The van der Waals surface area contributed by atoms with Gasteiger partial charge in [-0.3, -0.25) is 0 Å².